The molecule has 0 bridgehead atoms. The fraction of sp³-hybridized carbons (Fsp3) is 0.182. The average Bonchev–Trinajstić information content (AvgIpc) is 2.63. The molecule has 3 rings (SSSR count). The predicted octanol–water partition coefficient (Wildman–Crippen LogP) is 6.29. The number of aryl methyl sites for hydroxylation is 2. The van der Waals surface area contributed by atoms with Gasteiger partial charge in [-0.2, -0.15) is 0 Å². The topological polar surface area (TPSA) is 21.3 Å². The van der Waals surface area contributed by atoms with Gasteiger partial charge in [-0.1, -0.05) is 35.9 Å². The van der Waals surface area contributed by atoms with E-state index in [2.05, 4.69) is 31.3 Å². The molecule has 0 amide bonds. The van der Waals surface area contributed by atoms with Crippen LogP contribution in [0.3, 0.4) is 0 Å². The lowest BCUT2D eigenvalue weighted by Gasteiger charge is -2.14. The SMILES string of the molecule is Cc1ccc(NCc2cc(Cl)ccc2OCc2ccccc2F)cc1C. The van der Waals surface area contributed by atoms with Crippen LogP contribution in [-0.2, 0) is 13.2 Å². The summed E-state index contributed by atoms with van der Waals surface area (Å²) in [5.41, 5.74) is 4.97. The van der Waals surface area contributed by atoms with Crippen LogP contribution in [0.5, 0.6) is 5.75 Å². The summed E-state index contributed by atoms with van der Waals surface area (Å²) in [4.78, 5) is 0. The molecule has 3 aromatic carbocycles. The molecule has 0 aliphatic heterocycles. The highest BCUT2D eigenvalue weighted by Crippen LogP contribution is 2.25. The summed E-state index contributed by atoms with van der Waals surface area (Å²) in [5.74, 6) is 0.422. The normalized spacial score (nSPS) is 10.6. The van der Waals surface area contributed by atoms with E-state index < -0.39 is 0 Å². The van der Waals surface area contributed by atoms with E-state index in [0.717, 1.165) is 11.3 Å². The molecule has 134 valence electrons. The minimum atomic E-state index is -0.267. The van der Waals surface area contributed by atoms with Crippen molar-refractivity contribution in [3.05, 3.63) is 93.8 Å². The fourth-order valence-electron chi connectivity index (χ4n) is 2.65. The molecule has 3 aromatic rings. The van der Waals surface area contributed by atoms with Gasteiger partial charge in [0.15, 0.2) is 0 Å². The fourth-order valence-corrected chi connectivity index (χ4v) is 2.84. The Morgan fingerprint density at radius 3 is 2.50 bits per heavy atom. The van der Waals surface area contributed by atoms with E-state index in [4.69, 9.17) is 16.3 Å². The molecule has 0 atom stereocenters. The molecular weight excluding hydrogens is 349 g/mol. The minimum Gasteiger partial charge on any atom is -0.488 e. The van der Waals surface area contributed by atoms with E-state index in [9.17, 15) is 4.39 Å². The zero-order valence-corrected chi connectivity index (χ0v) is 15.6. The number of hydrogen-bond donors (Lipinski definition) is 1. The maximum Gasteiger partial charge on any atom is 0.129 e. The highest BCUT2D eigenvalue weighted by molar-refractivity contribution is 6.30. The summed E-state index contributed by atoms with van der Waals surface area (Å²) in [6.45, 7) is 4.91. The summed E-state index contributed by atoms with van der Waals surface area (Å²) in [6.07, 6.45) is 0. The molecule has 1 N–H and O–H groups in total. The molecule has 26 heavy (non-hydrogen) atoms. The van der Waals surface area contributed by atoms with Crippen LogP contribution in [0.1, 0.15) is 22.3 Å². The second-order valence-corrected chi connectivity index (χ2v) is 6.72. The number of anilines is 1. The van der Waals surface area contributed by atoms with Crippen LogP contribution >= 0.6 is 11.6 Å². The van der Waals surface area contributed by atoms with Gasteiger partial charge in [-0.25, -0.2) is 4.39 Å². The summed E-state index contributed by atoms with van der Waals surface area (Å²) in [5, 5.41) is 4.03. The maximum absolute atomic E-state index is 13.8. The zero-order chi connectivity index (χ0) is 18.5. The molecule has 4 heteroatoms. The summed E-state index contributed by atoms with van der Waals surface area (Å²) >= 11 is 6.14. The molecule has 0 saturated carbocycles. The third-order valence-electron chi connectivity index (χ3n) is 4.35. The Morgan fingerprint density at radius 1 is 0.923 bits per heavy atom. The standard InChI is InChI=1S/C22H21ClFNO/c1-15-7-9-20(11-16(15)2)25-13-18-12-19(23)8-10-22(18)26-14-17-5-3-4-6-21(17)24/h3-12,25H,13-14H2,1-2H3. The molecule has 0 aliphatic carbocycles. The Balaban J connectivity index is 1.73. The number of nitrogens with one attached hydrogen (secondary N) is 1. The summed E-state index contributed by atoms with van der Waals surface area (Å²) in [6, 6.07) is 18.3. The maximum atomic E-state index is 13.8. The Kier molecular flexibility index (Phi) is 5.79. The van der Waals surface area contributed by atoms with E-state index >= 15 is 0 Å². The van der Waals surface area contributed by atoms with Crippen molar-refractivity contribution in [2.45, 2.75) is 27.0 Å². The van der Waals surface area contributed by atoms with Gasteiger partial charge < -0.3 is 10.1 Å². The molecule has 2 nitrogen and oxygen atoms in total. The van der Waals surface area contributed by atoms with Crippen molar-refractivity contribution in [2.24, 2.45) is 0 Å². The Bertz CT molecular complexity index is 910. The third-order valence-corrected chi connectivity index (χ3v) is 4.59. The smallest absolute Gasteiger partial charge is 0.129 e. The van der Waals surface area contributed by atoms with Crippen LogP contribution in [0.4, 0.5) is 10.1 Å². The number of benzene rings is 3. The second kappa shape index (κ2) is 8.24. The molecule has 0 spiro atoms. The minimum absolute atomic E-state index is 0.172. The van der Waals surface area contributed by atoms with Crippen LogP contribution < -0.4 is 10.1 Å². The van der Waals surface area contributed by atoms with Crippen molar-refractivity contribution < 1.29 is 9.13 Å². The molecule has 0 fully saturated rings. The predicted molar refractivity (Wildman–Crippen MR) is 105 cm³/mol. The number of hydrogen-bond acceptors (Lipinski definition) is 2. The zero-order valence-electron chi connectivity index (χ0n) is 14.9. The van der Waals surface area contributed by atoms with Crippen molar-refractivity contribution in [2.75, 3.05) is 5.32 Å². The van der Waals surface area contributed by atoms with E-state index in [1.54, 1.807) is 24.3 Å². The summed E-state index contributed by atoms with van der Waals surface area (Å²) < 4.78 is 19.6. The second-order valence-electron chi connectivity index (χ2n) is 6.28. The van der Waals surface area contributed by atoms with Gasteiger partial charge in [-0.15, -0.1) is 0 Å². The monoisotopic (exact) mass is 369 g/mol. The Hall–Kier alpha value is -2.52. The molecule has 0 aliphatic rings. The van der Waals surface area contributed by atoms with Crippen LogP contribution in [0.2, 0.25) is 5.02 Å². The van der Waals surface area contributed by atoms with Gasteiger partial charge in [0, 0.05) is 28.4 Å². The van der Waals surface area contributed by atoms with E-state index in [1.807, 2.05) is 18.2 Å². The highest BCUT2D eigenvalue weighted by Gasteiger charge is 2.08. The molecule has 0 heterocycles. The van der Waals surface area contributed by atoms with Gasteiger partial charge in [0.1, 0.15) is 18.2 Å². The molecule has 0 radical (unpaired) electrons. The van der Waals surface area contributed by atoms with E-state index in [1.165, 1.54) is 17.2 Å². The van der Waals surface area contributed by atoms with Crippen molar-refractivity contribution in [3.8, 4) is 5.75 Å². The van der Waals surface area contributed by atoms with E-state index in [-0.39, 0.29) is 12.4 Å². The molecule has 0 aromatic heterocycles. The first kappa shape index (κ1) is 18.3. The van der Waals surface area contributed by atoms with Gasteiger partial charge >= 0.3 is 0 Å². The molecule has 0 saturated heterocycles. The third kappa shape index (κ3) is 4.55. The lowest BCUT2D eigenvalue weighted by atomic mass is 10.1. The first-order chi connectivity index (χ1) is 12.5. The number of ether oxygens (including phenoxy) is 1. The quantitative estimate of drug-likeness (QED) is 0.551. The lowest BCUT2D eigenvalue weighted by Crippen LogP contribution is -2.05. The Morgan fingerprint density at radius 2 is 1.73 bits per heavy atom. The van der Waals surface area contributed by atoms with Crippen LogP contribution in [-0.4, -0.2) is 0 Å². The number of halogens is 2. The first-order valence-electron chi connectivity index (χ1n) is 8.48. The van der Waals surface area contributed by atoms with Gasteiger partial charge in [0.2, 0.25) is 0 Å². The van der Waals surface area contributed by atoms with Crippen molar-refractivity contribution >= 4 is 17.3 Å². The van der Waals surface area contributed by atoms with Crippen LogP contribution in [0, 0.1) is 19.7 Å². The Labute approximate surface area is 158 Å². The van der Waals surface area contributed by atoms with Gasteiger partial charge in [0.05, 0.1) is 0 Å². The van der Waals surface area contributed by atoms with Gasteiger partial charge in [0.25, 0.3) is 0 Å². The van der Waals surface area contributed by atoms with Crippen molar-refractivity contribution in [1.82, 2.24) is 0 Å². The van der Waals surface area contributed by atoms with E-state index in [0.29, 0.717) is 22.9 Å². The van der Waals surface area contributed by atoms with Crippen molar-refractivity contribution in [3.63, 3.8) is 0 Å². The van der Waals surface area contributed by atoms with Gasteiger partial charge in [-0.3, -0.25) is 0 Å². The number of rotatable bonds is 6. The highest BCUT2D eigenvalue weighted by atomic mass is 35.5. The average molecular weight is 370 g/mol. The van der Waals surface area contributed by atoms with Crippen molar-refractivity contribution in [1.29, 1.82) is 0 Å². The summed E-state index contributed by atoms with van der Waals surface area (Å²) in [7, 11) is 0. The van der Waals surface area contributed by atoms with Crippen LogP contribution in [0.15, 0.2) is 60.7 Å². The lowest BCUT2D eigenvalue weighted by molar-refractivity contribution is 0.297. The van der Waals surface area contributed by atoms with Crippen LogP contribution in [0.25, 0.3) is 0 Å². The largest absolute Gasteiger partial charge is 0.488 e. The van der Waals surface area contributed by atoms with Gasteiger partial charge in [-0.05, 0) is 61.4 Å². The first-order valence-corrected chi connectivity index (χ1v) is 8.86. The molecule has 0 unspecified atom stereocenters. The molecular formula is C22H21ClFNO.